The average Bonchev–Trinajstić information content (AvgIpc) is 2.97. The van der Waals surface area contributed by atoms with Gasteiger partial charge in [0.2, 0.25) is 21.8 Å². The lowest BCUT2D eigenvalue weighted by atomic mass is 9.81. The van der Waals surface area contributed by atoms with Gasteiger partial charge in [-0.25, -0.2) is 8.42 Å². The first-order valence-corrected chi connectivity index (χ1v) is 17.6. The molecule has 43 heavy (non-hydrogen) atoms. The lowest BCUT2D eigenvalue weighted by Gasteiger charge is -2.47. The molecule has 1 saturated carbocycles. The first-order valence-electron chi connectivity index (χ1n) is 15.8. The number of anilines is 1. The van der Waals surface area contributed by atoms with Crippen molar-refractivity contribution in [3.8, 4) is 11.5 Å². The van der Waals surface area contributed by atoms with Gasteiger partial charge in [-0.15, -0.1) is 0 Å². The Bertz CT molecular complexity index is 1350. The van der Waals surface area contributed by atoms with Crippen LogP contribution < -0.4 is 14.8 Å². The Morgan fingerprint density at radius 2 is 1.51 bits per heavy atom. The number of likely N-dealkylation sites (tertiary alicyclic amines) is 1. The standard InChI is InChI=1S/C33H46N4O5S/c1-23(2)37-31(32(38)34-30(33(37)39)21-24-7-5-4-6-8-24)26-17-19-36(20-18-26)22-25-9-13-28(14-10-25)42-29-15-11-27(12-16-29)35-43(3,40)41/h9-16,23-24,26,30-31,35H,4-8,17-22H2,1-3H3,(H,34,38)/t30-,31-/m0/s1. The molecule has 0 spiro atoms. The van der Waals surface area contributed by atoms with Gasteiger partial charge >= 0.3 is 0 Å². The summed E-state index contributed by atoms with van der Waals surface area (Å²) in [4.78, 5) is 31.4. The molecule has 0 radical (unpaired) electrons. The molecule has 10 heteroatoms. The highest BCUT2D eigenvalue weighted by Crippen LogP contribution is 2.33. The molecule has 9 nitrogen and oxygen atoms in total. The van der Waals surface area contributed by atoms with Crippen LogP contribution in [0.3, 0.4) is 0 Å². The first-order chi connectivity index (χ1) is 20.6. The zero-order valence-electron chi connectivity index (χ0n) is 25.6. The quantitative estimate of drug-likeness (QED) is 0.386. The van der Waals surface area contributed by atoms with Crippen LogP contribution in [-0.2, 0) is 26.2 Å². The van der Waals surface area contributed by atoms with E-state index in [9.17, 15) is 18.0 Å². The number of piperidine rings is 1. The Morgan fingerprint density at radius 1 is 0.907 bits per heavy atom. The number of ether oxygens (including phenoxy) is 1. The number of carbonyl (C=O) groups is 2. The highest BCUT2D eigenvalue weighted by atomic mass is 32.2. The monoisotopic (exact) mass is 610 g/mol. The maximum Gasteiger partial charge on any atom is 0.246 e. The van der Waals surface area contributed by atoms with Crippen molar-refractivity contribution in [1.82, 2.24) is 15.1 Å². The summed E-state index contributed by atoms with van der Waals surface area (Å²) in [6.07, 6.45) is 9.74. The Morgan fingerprint density at radius 3 is 2.09 bits per heavy atom. The van der Waals surface area contributed by atoms with Gasteiger partial charge in [0.1, 0.15) is 23.6 Å². The zero-order chi connectivity index (χ0) is 30.6. The molecular formula is C33H46N4O5S. The van der Waals surface area contributed by atoms with Crippen molar-refractivity contribution in [2.24, 2.45) is 11.8 Å². The minimum Gasteiger partial charge on any atom is -0.457 e. The normalized spacial score (nSPS) is 22.9. The summed E-state index contributed by atoms with van der Waals surface area (Å²) in [5.74, 6) is 2.16. The van der Waals surface area contributed by atoms with Gasteiger partial charge in [-0.3, -0.25) is 19.2 Å². The highest BCUT2D eigenvalue weighted by Gasteiger charge is 2.46. The number of nitrogens with zero attached hydrogens (tertiary/aromatic N) is 2. The van der Waals surface area contributed by atoms with Gasteiger partial charge in [-0.1, -0.05) is 44.2 Å². The van der Waals surface area contributed by atoms with Crippen molar-refractivity contribution in [1.29, 1.82) is 0 Å². The Balaban J connectivity index is 1.12. The van der Waals surface area contributed by atoms with Gasteiger partial charge in [0.25, 0.3) is 0 Å². The van der Waals surface area contributed by atoms with E-state index in [1.807, 2.05) is 30.9 Å². The second-order valence-corrected chi connectivity index (χ2v) is 14.6. The van der Waals surface area contributed by atoms with E-state index < -0.39 is 10.0 Å². The van der Waals surface area contributed by atoms with Crippen molar-refractivity contribution < 1.29 is 22.7 Å². The first kappa shape index (κ1) is 31.3. The minimum atomic E-state index is -3.32. The second kappa shape index (κ2) is 13.7. The third-order valence-electron chi connectivity index (χ3n) is 9.09. The van der Waals surface area contributed by atoms with Gasteiger partial charge in [0, 0.05) is 18.3 Å². The largest absolute Gasteiger partial charge is 0.457 e. The van der Waals surface area contributed by atoms with E-state index in [0.29, 0.717) is 23.1 Å². The van der Waals surface area contributed by atoms with Crippen molar-refractivity contribution in [3.63, 3.8) is 0 Å². The van der Waals surface area contributed by atoms with Crippen LogP contribution in [0.15, 0.2) is 48.5 Å². The lowest BCUT2D eigenvalue weighted by molar-refractivity contribution is -0.155. The van der Waals surface area contributed by atoms with Crippen molar-refractivity contribution in [2.75, 3.05) is 24.1 Å². The average molecular weight is 611 g/mol. The van der Waals surface area contributed by atoms with Crippen LogP contribution >= 0.6 is 0 Å². The summed E-state index contributed by atoms with van der Waals surface area (Å²) < 4.78 is 31.2. The van der Waals surface area contributed by atoms with Crippen LogP contribution in [0.5, 0.6) is 11.5 Å². The fraction of sp³-hybridized carbons (Fsp3) is 0.576. The summed E-state index contributed by atoms with van der Waals surface area (Å²) in [7, 11) is -3.32. The molecule has 2 aromatic rings. The second-order valence-electron chi connectivity index (χ2n) is 12.8. The molecule has 2 N–H and O–H groups in total. The van der Waals surface area contributed by atoms with E-state index in [4.69, 9.17) is 4.74 Å². The van der Waals surface area contributed by atoms with Crippen LogP contribution in [0, 0.1) is 11.8 Å². The number of hydrogen-bond acceptors (Lipinski definition) is 6. The summed E-state index contributed by atoms with van der Waals surface area (Å²) in [6, 6.07) is 14.0. The number of carbonyl (C=O) groups excluding carboxylic acids is 2. The van der Waals surface area contributed by atoms with Crippen molar-refractivity contribution in [2.45, 2.75) is 89.9 Å². The number of nitrogens with one attached hydrogen (secondary N) is 2. The topological polar surface area (TPSA) is 108 Å². The van der Waals surface area contributed by atoms with Crippen LogP contribution in [0.2, 0.25) is 0 Å². The molecule has 2 atom stereocenters. The predicted molar refractivity (Wildman–Crippen MR) is 168 cm³/mol. The summed E-state index contributed by atoms with van der Waals surface area (Å²) in [6.45, 7) is 6.65. The molecule has 0 bridgehead atoms. The van der Waals surface area contributed by atoms with Gasteiger partial charge in [0.15, 0.2) is 0 Å². The number of hydrogen-bond donors (Lipinski definition) is 2. The van der Waals surface area contributed by atoms with E-state index in [2.05, 4.69) is 27.1 Å². The SMILES string of the molecule is CC(C)N1C(=O)[C@H](CC2CCCCC2)NC(=O)[C@@H]1C1CCN(Cc2ccc(Oc3ccc(NS(C)(=O)=O)cc3)cc2)CC1. The fourth-order valence-electron chi connectivity index (χ4n) is 6.98. The van der Waals surface area contributed by atoms with Crippen LogP contribution in [0.4, 0.5) is 5.69 Å². The maximum atomic E-state index is 13.6. The number of piperazine rings is 1. The third-order valence-corrected chi connectivity index (χ3v) is 9.70. The molecule has 5 rings (SSSR count). The molecule has 0 aromatic heterocycles. The molecule has 3 aliphatic rings. The molecular weight excluding hydrogens is 564 g/mol. The summed E-state index contributed by atoms with van der Waals surface area (Å²) in [5.41, 5.74) is 1.67. The van der Waals surface area contributed by atoms with E-state index >= 15 is 0 Å². The Labute approximate surface area is 256 Å². The number of benzene rings is 2. The van der Waals surface area contributed by atoms with E-state index in [0.717, 1.165) is 45.2 Å². The van der Waals surface area contributed by atoms with E-state index in [1.54, 1.807) is 24.3 Å². The molecule has 2 aromatic carbocycles. The van der Waals surface area contributed by atoms with E-state index in [1.165, 1.54) is 37.7 Å². The molecule has 1 aliphatic carbocycles. The Hall–Kier alpha value is -3.11. The van der Waals surface area contributed by atoms with Gasteiger partial charge in [-0.2, -0.15) is 0 Å². The molecule has 2 saturated heterocycles. The number of amides is 2. The summed E-state index contributed by atoms with van der Waals surface area (Å²) >= 11 is 0. The fourth-order valence-corrected chi connectivity index (χ4v) is 7.55. The number of sulfonamides is 1. The number of rotatable bonds is 10. The van der Waals surface area contributed by atoms with Crippen LogP contribution in [0.1, 0.15) is 70.8 Å². The van der Waals surface area contributed by atoms with Crippen LogP contribution in [-0.4, -0.2) is 67.5 Å². The van der Waals surface area contributed by atoms with Crippen LogP contribution in [0.25, 0.3) is 0 Å². The smallest absolute Gasteiger partial charge is 0.246 e. The van der Waals surface area contributed by atoms with Gasteiger partial charge < -0.3 is 15.0 Å². The molecule has 2 amide bonds. The van der Waals surface area contributed by atoms with E-state index in [-0.39, 0.29) is 35.9 Å². The molecule has 234 valence electrons. The van der Waals surface area contributed by atoms with Crippen molar-refractivity contribution in [3.05, 3.63) is 54.1 Å². The molecule has 2 heterocycles. The summed E-state index contributed by atoms with van der Waals surface area (Å²) in [5, 5.41) is 3.15. The minimum absolute atomic E-state index is 0.00161. The molecule has 3 fully saturated rings. The van der Waals surface area contributed by atoms with Gasteiger partial charge in [0.05, 0.1) is 6.26 Å². The van der Waals surface area contributed by atoms with Crippen molar-refractivity contribution >= 4 is 27.5 Å². The predicted octanol–water partition coefficient (Wildman–Crippen LogP) is 5.14. The maximum absolute atomic E-state index is 13.6. The molecule has 2 aliphatic heterocycles. The zero-order valence-corrected chi connectivity index (χ0v) is 26.4. The highest BCUT2D eigenvalue weighted by molar-refractivity contribution is 7.92. The van der Waals surface area contributed by atoms with Gasteiger partial charge in [-0.05, 0) is 100.0 Å². The molecule has 0 unspecified atom stereocenters. The third kappa shape index (κ3) is 8.29. The lowest BCUT2D eigenvalue weighted by Crippen LogP contribution is -2.67. The Kier molecular flexibility index (Phi) is 9.96.